The summed E-state index contributed by atoms with van der Waals surface area (Å²) in [6.07, 6.45) is -0.894. The largest absolute Gasteiger partial charge is 0.415 e. The zero-order valence-electron chi connectivity index (χ0n) is 9.80. The summed E-state index contributed by atoms with van der Waals surface area (Å²) < 4.78 is 41.3. The molecule has 0 heterocycles. The number of ether oxygens (including phenoxy) is 1. The van der Waals surface area contributed by atoms with E-state index in [-0.39, 0.29) is 6.10 Å². The molecule has 1 aliphatic rings. The molecule has 1 aliphatic carbocycles. The van der Waals surface area contributed by atoms with Crippen molar-refractivity contribution in [2.45, 2.75) is 50.5 Å². The van der Waals surface area contributed by atoms with Gasteiger partial charge >= 0.3 is 6.18 Å². The normalized spacial score (nSPS) is 20.5. The van der Waals surface area contributed by atoms with Gasteiger partial charge in [0.25, 0.3) is 0 Å². The van der Waals surface area contributed by atoms with Gasteiger partial charge in [-0.2, -0.15) is 13.2 Å². The molecule has 0 aromatic rings. The molecule has 0 aliphatic heterocycles. The number of hydrogen-bond donors (Lipinski definition) is 2. The van der Waals surface area contributed by atoms with Crippen LogP contribution in [0.5, 0.6) is 0 Å². The van der Waals surface area contributed by atoms with Gasteiger partial charge in [0.05, 0.1) is 12.7 Å². The van der Waals surface area contributed by atoms with Crippen LogP contribution in [0.2, 0.25) is 0 Å². The molecular formula is C11H20F3NO2. The minimum absolute atomic E-state index is 0.262. The maximum Gasteiger partial charge on any atom is 0.415 e. The first kappa shape index (κ1) is 14.7. The van der Waals surface area contributed by atoms with Crippen LogP contribution in [-0.4, -0.2) is 43.2 Å². The number of rotatable bonds is 6. The molecule has 1 saturated carbocycles. The third-order valence-corrected chi connectivity index (χ3v) is 2.90. The van der Waals surface area contributed by atoms with Crippen LogP contribution in [0, 0.1) is 0 Å². The number of nitrogens with one attached hydrogen (secondary N) is 1. The van der Waals surface area contributed by atoms with Gasteiger partial charge < -0.3 is 15.2 Å². The first-order valence-electron chi connectivity index (χ1n) is 6.07. The van der Waals surface area contributed by atoms with Crippen LogP contribution in [-0.2, 0) is 4.74 Å². The van der Waals surface area contributed by atoms with Gasteiger partial charge in [0.2, 0.25) is 0 Å². The number of halogens is 3. The lowest BCUT2D eigenvalue weighted by atomic mass is 9.98. The maximum atomic E-state index is 11.9. The highest BCUT2D eigenvalue weighted by atomic mass is 19.4. The number of aliphatic hydroxyl groups excluding tert-OH is 1. The predicted octanol–water partition coefficient (Wildman–Crippen LogP) is 1.85. The molecule has 0 radical (unpaired) electrons. The summed E-state index contributed by atoms with van der Waals surface area (Å²) in [6.45, 7) is 0.260. The monoisotopic (exact) mass is 255 g/mol. The minimum Gasteiger partial charge on any atom is -0.382 e. The van der Waals surface area contributed by atoms with Gasteiger partial charge in [-0.1, -0.05) is 19.3 Å². The highest BCUT2D eigenvalue weighted by Crippen LogP contribution is 2.20. The van der Waals surface area contributed by atoms with Gasteiger partial charge in [-0.05, 0) is 12.8 Å². The summed E-state index contributed by atoms with van der Waals surface area (Å²) in [5.41, 5.74) is 0. The van der Waals surface area contributed by atoms with E-state index in [1.54, 1.807) is 0 Å². The smallest absolute Gasteiger partial charge is 0.382 e. The average molecular weight is 255 g/mol. The quantitative estimate of drug-likeness (QED) is 0.712. The van der Waals surface area contributed by atoms with Gasteiger partial charge in [0.1, 0.15) is 0 Å². The van der Waals surface area contributed by atoms with Gasteiger partial charge in [0.15, 0.2) is 6.10 Å². The summed E-state index contributed by atoms with van der Waals surface area (Å²) in [4.78, 5) is 0. The Hall–Kier alpha value is -0.330. The second-order valence-corrected chi connectivity index (χ2v) is 4.39. The van der Waals surface area contributed by atoms with Crippen LogP contribution in [0.1, 0.15) is 32.1 Å². The second-order valence-electron chi connectivity index (χ2n) is 4.39. The lowest BCUT2D eigenvalue weighted by Gasteiger charge is -2.22. The molecule has 17 heavy (non-hydrogen) atoms. The first-order valence-corrected chi connectivity index (χ1v) is 6.07. The van der Waals surface area contributed by atoms with Crippen molar-refractivity contribution >= 4 is 0 Å². The standard InChI is InChI=1S/C11H20F3NO2/c12-11(13,14)10(16)8-15-6-7-17-9-4-2-1-3-5-9/h9-10,15-16H,1-8H2. The summed E-state index contributed by atoms with van der Waals surface area (Å²) in [5, 5.41) is 11.2. The molecule has 102 valence electrons. The molecule has 1 unspecified atom stereocenters. The lowest BCUT2D eigenvalue weighted by molar-refractivity contribution is -0.201. The fourth-order valence-electron chi connectivity index (χ4n) is 1.88. The highest BCUT2D eigenvalue weighted by molar-refractivity contribution is 4.68. The van der Waals surface area contributed by atoms with Gasteiger partial charge in [0, 0.05) is 13.1 Å². The zero-order chi connectivity index (χ0) is 12.7. The van der Waals surface area contributed by atoms with E-state index in [1.807, 2.05) is 0 Å². The van der Waals surface area contributed by atoms with Gasteiger partial charge in [-0.25, -0.2) is 0 Å². The molecule has 3 nitrogen and oxygen atoms in total. The van der Waals surface area contributed by atoms with Crippen LogP contribution in [0.3, 0.4) is 0 Å². The zero-order valence-corrected chi connectivity index (χ0v) is 9.80. The number of hydrogen-bond acceptors (Lipinski definition) is 3. The molecule has 0 aromatic heterocycles. The summed E-state index contributed by atoms with van der Waals surface area (Å²) >= 11 is 0. The molecule has 6 heteroatoms. The fraction of sp³-hybridized carbons (Fsp3) is 1.00. The Balaban J connectivity index is 1.97. The average Bonchev–Trinajstić information content (AvgIpc) is 2.28. The van der Waals surface area contributed by atoms with Crippen LogP contribution >= 0.6 is 0 Å². The predicted molar refractivity (Wildman–Crippen MR) is 57.8 cm³/mol. The molecule has 1 atom stereocenters. The molecule has 1 fully saturated rings. The van der Waals surface area contributed by atoms with Crippen LogP contribution in [0.25, 0.3) is 0 Å². The van der Waals surface area contributed by atoms with Gasteiger partial charge in [-0.15, -0.1) is 0 Å². The van der Waals surface area contributed by atoms with Crippen molar-refractivity contribution in [1.82, 2.24) is 5.32 Å². The van der Waals surface area contributed by atoms with Crippen molar-refractivity contribution in [3.05, 3.63) is 0 Å². The Labute approximate surface area is 99.3 Å². The SMILES string of the molecule is OC(CNCCOC1CCCCC1)C(F)(F)F. The van der Waals surface area contributed by atoms with E-state index < -0.39 is 18.8 Å². The first-order chi connectivity index (χ1) is 8.00. The summed E-state index contributed by atoms with van der Waals surface area (Å²) in [7, 11) is 0. The van der Waals surface area contributed by atoms with Crippen molar-refractivity contribution in [2.75, 3.05) is 19.7 Å². The number of aliphatic hydroxyl groups is 1. The summed E-state index contributed by atoms with van der Waals surface area (Å²) in [5.74, 6) is 0. The van der Waals surface area contributed by atoms with E-state index >= 15 is 0 Å². The number of alkyl halides is 3. The topological polar surface area (TPSA) is 41.5 Å². The third kappa shape index (κ3) is 6.24. The van der Waals surface area contributed by atoms with Crippen LogP contribution in [0.4, 0.5) is 13.2 Å². The van der Waals surface area contributed by atoms with Crippen molar-refractivity contribution in [3.8, 4) is 0 Å². The molecule has 0 aromatic carbocycles. The molecule has 0 saturated heterocycles. The van der Waals surface area contributed by atoms with Crippen molar-refractivity contribution in [2.24, 2.45) is 0 Å². The molecule has 0 bridgehead atoms. The Bertz CT molecular complexity index is 205. The van der Waals surface area contributed by atoms with E-state index in [0.717, 1.165) is 12.8 Å². The van der Waals surface area contributed by atoms with Crippen molar-refractivity contribution in [1.29, 1.82) is 0 Å². The molecule has 0 amide bonds. The summed E-state index contributed by atoms with van der Waals surface area (Å²) in [6, 6.07) is 0. The second kappa shape index (κ2) is 7.18. The van der Waals surface area contributed by atoms with Crippen LogP contribution in [0.15, 0.2) is 0 Å². The Morgan fingerprint density at radius 3 is 2.47 bits per heavy atom. The Morgan fingerprint density at radius 2 is 1.88 bits per heavy atom. The molecule has 1 rings (SSSR count). The van der Waals surface area contributed by atoms with Crippen molar-refractivity contribution < 1.29 is 23.0 Å². The van der Waals surface area contributed by atoms with E-state index in [9.17, 15) is 13.2 Å². The van der Waals surface area contributed by atoms with Crippen LogP contribution < -0.4 is 5.32 Å². The lowest BCUT2D eigenvalue weighted by Crippen LogP contribution is -2.39. The molecular weight excluding hydrogens is 235 g/mol. The minimum atomic E-state index is -4.54. The van der Waals surface area contributed by atoms with Gasteiger partial charge in [-0.3, -0.25) is 0 Å². The van der Waals surface area contributed by atoms with E-state index in [4.69, 9.17) is 9.84 Å². The van der Waals surface area contributed by atoms with E-state index in [0.29, 0.717) is 13.2 Å². The van der Waals surface area contributed by atoms with Crippen molar-refractivity contribution in [3.63, 3.8) is 0 Å². The molecule has 0 spiro atoms. The Kier molecular flexibility index (Phi) is 6.22. The third-order valence-electron chi connectivity index (χ3n) is 2.90. The molecule has 2 N–H and O–H groups in total. The highest BCUT2D eigenvalue weighted by Gasteiger charge is 2.37. The van der Waals surface area contributed by atoms with E-state index in [2.05, 4.69) is 5.32 Å². The van der Waals surface area contributed by atoms with E-state index in [1.165, 1.54) is 19.3 Å². The Morgan fingerprint density at radius 1 is 1.24 bits per heavy atom. The fourth-order valence-corrected chi connectivity index (χ4v) is 1.88. The maximum absolute atomic E-state index is 11.9.